The molecule has 2 aliphatic rings. The molecule has 1 aromatic rings. The molecule has 2 saturated heterocycles. The molecule has 3 rings (SSSR count). The molecule has 30 heavy (non-hydrogen) atoms. The summed E-state index contributed by atoms with van der Waals surface area (Å²) in [7, 11) is 3.57. The smallest absolute Gasteiger partial charge is 0.193 e. The summed E-state index contributed by atoms with van der Waals surface area (Å²) in [5, 5.41) is 4.38. The Morgan fingerprint density at radius 3 is 2.60 bits per heavy atom. The number of hydrogen-bond donors (Lipinski definition) is 1. The molecule has 2 heterocycles. The lowest BCUT2D eigenvalue weighted by atomic mass is 9.73. The minimum atomic E-state index is -0.103. The van der Waals surface area contributed by atoms with Crippen LogP contribution in [-0.2, 0) is 14.9 Å². The third-order valence-corrected chi connectivity index (χ3v) is 6.36. The topological polar surface area (TPSA) is 55.3 Å². The standard InChI is InChI=1S/C22H34ClN3O3.HI/c1-4-29-18-7-11-26(12-8-18)21(24-2)25-16-22(9-13-28-14-10-22)19-15-17(23)5-6-20(19)27-3;/h5-6,15,18H,4,7-14,16H2,1-3H3,(H,24,25);1H. The molecular formula is C22H35ClIN3O3. The van der Waals surface area contributed by atoms with Gasteiger partial charge in [0.05, 0.1) is 13.2 Å². The lowest BCUT2D eigenvalue weighted by Gasteiger charge is -2.40. The lowest BCUT2D eigenvalue weighted by Crippen LogP contribution is -2.51. The van der Waals surface area contributed by atoms with Crippen LogP contribution in [0.5, 0.6) is 5.75 Å². The molecule has 0 saturated carbocycles. The third-order valence-electron chi connectivity index (χ3n) is 6.12. The van der Waals surface area contributed by atoms with Crippen molar-refractivity contribution in [3.8, 4) is 5.75 Å². The highest BCUT2D eigenvalue weighted by molar-refractivity contribution is 14.0. The van der Waals surface area contributed by atoms with Crippen LogP contribution in [0.4, 0.5) is 0 Å². The van der Waals surface area contributed by atoms with Crippen molar-refractivity contribution < 1.29 is 14.2 Å². The number of likely N-dealkylation sites (tertiary alicyclic amines) is 1. The van der Waals surface area contributed by atoms with Gasteiger partial charge in [0.25, 0.3) is 0 Å². The van der Waals surface area contributed by atoms with Crippen LogP contribution in [0, 0.1) is 0 Å². The molecule has 0 bridgehead atoms. The van der Waals surface area contributed by atoms with Crippen molar-refractivity contribution in [2.45, 2.75) is 44.1 Å². The molecule has 1 aromatic carbocycles. The second-order valence-corrected chi connectivity index (χ2v) is 8.22. The Morgan fingerprint density at radius 2 is 2.00 bits per heavy atom. The van der Waals surface area contributed by atoms with Crippen LogP contribution < -0.4 is 10.1 Å². The van der Waals surface area contributed by atoms with Gasteiger partial charge in [0.2, 0.25) is 0 Å². The first-order chi connectivity index (χ1) is 14.1. The predicted octanol–water partition coefficient (Wildman–Crippen LogP) is 4.09. The van der Waals surface area contributed by atoms with Crippen molar-refractivity contribution in [3.05, 3.63) is 28.8 Å². The fraction of sp³-hybridized carbons (Fsp3) is 0.682. The summed E-state index contributed by atoms with van der Waals surface area (Å²) in [4.78, 5) is 6.89. The van der Waals surface area contributed by atoms with Crippen LogP contribution in [0.2, 0.25) is 5.02 Å². The van der Waals surface area contributed by atoms with Crippen LogP contribution in [0.3, 0.4) is 0 Å². The molecule has 0 atom stereocenters. The first kappa shape index (κ1) is 25.5. The molecule has 0 spiro atoms. The summed E-state index contributed by atoms with van der Waals surface area (Å²) in [6, 6.07) is 5.89. The number of benzene rings is 1. The maximum atomic E-state index is 6.36. The van der Waals surface area contributed by atoms with Gasteiger partial charge < -0.3 is 24.4 Å². The van der Waals surface area contributed by atoms with E-state index in [0.29, 0.717) is 6.10 Å². The Kier molecular flexibility index (Phi) is 10.5. The summed E-state index contributed by atoms with van der Waals surface area (Å²) in [5.74, 6) is 1.83. The van der Waals surface area contributed by atoms with Crippen LogP contribution in [0.1, 0.15) is 38.2 Å². The Balaban J connectivity index is 0.00000320. The first-order valence-electron chi connectivity index (χ1n) is 10.6. The molecule has 0 aliphatic carbocycles. The normalized spacial score (nSPS) is 19.9. The first-order valence-corrected chi connectivity index (χ1v) is 11.0. The van der Waals surface area contributed by atoms with Crippen molar-refractivity contribution in [3.63, 3.8) is 0 Å². The Morgan fingerprint density at radius 1 is 1.30 bits per heavy atom. The molecular weight excluding hydrogens is 517 g/mol. The van der Waals surface area contributed by atoms with E-state index in [2.05, 4.69) is 22.1 Å². The van der Waals surface area contributed by atoms with Gasteiger partial charge in [-0.1, -0.05) is 11.6 Å². The zero-order valence-corrected chi connectivity index (χ0v) is 21.4. The fourth-order valence-corrected chi connectivity index (χ4v) is 4.62. The van der Waals surface area contributed by atoms with E-state index in [9.17, 15) is 0 Å². The number of halogens is 2. The van der Waals surface area contributed by atoms with Gasteiger partial charge in [0, 0.05) is 62.5 Å². The number of methoxy groups -OCH3 is 1. The molecule has 6 nitrogen and oxygen atoms in total. The zero-order valence-electron chi connectivity index (χ0n) is 18.3. The van der Waals surface area contributed by atoms with Crippen molar-refractivity contribution in [1.29, 1.82) is 0 Å². The molecule has 2 aliphatic heterocycles. The number of piperidine rings is 1. The number of aliphatic imine (C=N–C) groups is 1. The molecule has 2 fully saturated rings. The SMILES string of the molecule is CCOC1CCN(C(=NC)NCC2(c3cc(Cl)ccc3OC)CCOCC2)CC1.I. The Bertz CT molecular complexity index is 690. The molecule has 8 heteroatoms. The minimum Gasteiger partial charge on any atom is -0.496 e. The summed E-state index contributed by atoms with van der Waals surface area (Å²) in [6.07, 6.45) is 4.28. The quantitative estimate of drug-likeness (QED) is 0.328. The lowest BCUT2D eigenvalue weighted by molar-refractivity contribution is 0.0259. The molecule has 0 unspecified atom stereocenters. The molecule has 0 aromatic heterocycles. The highest BCUT2D eigenvalue weighted by Crippen LogP contribution is 2.40. The molecule has 0 amide bonds. The van der Waals surface area contributed by atoms with E-state index in [4.69, 9.17) is 25.8 Å². The van der Waals surface area contributed by atoms with E-state index < -0.39 is 0 Å². The van der Waals surface area contributed by atoms with Crippen molar-refractivity contribution >= 4 is 41.5 Å². The summed E-state index contributed by atoms with van der Waals surface area (Å²) >= 11 is 6.36. The van der Waals surface area contributed by atoms with Gasteiger partial charge in [0.1, 0.15) is 5.75 Å². The van der Waals surface area contributed by atoms with E-state index in [1.165, 1.54) is 0 Å². The van der Waals surface area contributed by atoms with Gasteiger partial charge in [-0.3, -0.25) is 4.99 Å². The van der Waals surface area contributed by atoms with Crippen molar-refractivity contribution in [2.75, 3.05) is 53.6 Å². The average molecular weight is 552 g/mol. The highest BCUT2D eigenvalue weighted by atomic mass is 127. The Labute approximate surface area is 202 Å². The third kappa shape index (κ3) is 6.14. The second-order valence-electron chi connectivity index (χ2n) is 7.78. The monoisotopic (exact) mass is 551 g/mol. The molecule has 0 radical (unpaired) electrons. The zero-order chi connectivity index (χ0) is 20.7. The van der Waals surface area contributed by atoms with Crippen LogP contribution in [0.25, 0.3) is 0 Å². The van der Waals surface area contributed by atoms with Gasteiger partial charge in [-0.15, -0.1) is 24.0 Å². The number of guanidine groups is 1. The second kappa shape index (κ2) is 12.3. The number of nitrogens with one attached hydrogen (secondary N) is 1. The summed E-state index contributed by atoms with van der Waals surface area (Å²) in [6.45, 7) is 6.99. The van der Waals surface area contributed by atoms with Crippen LogP contribution in [0.15, 0.2) is 23.2 Å². The van der Waals surface area contributed by atoms with Crippen molar-refractivity contribution in [2.24, 2.45) is 4.99 Å². The Hall–Kier alpha value is -0.770. The fourth-order valence-electron chi connectivity index (χ4n) is 4.45. The largest absolute Gasteiger partial charge is 0.496 e. The number of hydrogen-bond acceptors (Lipinski definition) is 4. The number of rotatable bonds is 6. The van der Waals surface area contributed by atoms with Gasteiger partial charge in [-0.05, 0) is 50.8 Å². The summed E-state index contributed by atoms with van der Waals surface area (Å²) in [5.41, 5.74) is 1.04. The van der Waals surface area contributed by atoms with Crippen LogP contribution in [-0.4, -0.2) is 70.6 Å². The van der Waals surface area contributed by atoms with Gasteiger partial charge in [-0.2, -0.15) is 0 Å². The average Bonchev–Trinajstić information content (AvgIpc) is 2.76. The van der Waals surface area contributed by atoms with E-state index in [1.807, 2.05) is 25.2 Å². The van der Waals surface area contributed by atoms with E-state index in [-0.39, 0.29) is 29.4 Å². The molecule has 170 valence electrons. The van der Waals surface area contributed by atoms with E-state index in [0.717, 1.165) is 87.4 Å². The maximum absolute atomic E-state index is 6.36. The van der Waals surface area contributed by atoms with Crippen molar-refractivity contribution in [1.82, 2.24) is 10.2 Å². The van der Waals surface area contributed by atoms with Gasteiger partial charge in [-0.25, -0.2) is 0 Å². The van der Waals surface area contributed by atoms with E-state index in [1.54, 1.807) is 7.11 Å². The van der Waals surface area contributed by atoms with E-state index >= 15 is 0 Å². The minimum absolute atomic E-state index is 0. The van der Waals surface area contributed by atoms with Crippen LogP contribution >= 0.6 is 35.6 Å². The predicted molar refractivity (Wildman–Crippen MR) is 133 cm³/mol. The number of nitrogens with zero attached hydrogens (tertiary/aromatic N) is 2. The highest BCUT2D eigenvalue weighted by Gasteiger charge is 2.37. The molecule has 1 N–H and O–H groups in total. The summed E-state index contributed by atoms with van der Waals surface area (Å²) < 4.78 is 17.1. The van der Waals surface area contributed by atoms with Gasteiger partial charge >= 0.3 is 0 Å². The van der Waals surface area contributed by atoms with Gasteiger partial charge in [0.15, 0.2) is 5.96 Å². The number of ether oxygens (including phenoxy) is 3. The maximum Gasteiger partial charge on any atom is 0.193 e.